The van der Waals surface area contributed by atoms with Crippen molar-refractivity contribution in [3.05, 3.63) is 58.6 Å². The minimum Gasteiger partial charge on any atom is -0.325 e. The van der Waals surface area contributed by atoms with Crippen molar-refractivity contribution in [2.24, 2.45) is 5.41 Å². The Morgan fingerprint density at radius 1 is 0.913 bits per heavy atom. The zero-order valence-corrected chi connectivity index (χ0v) is 13.6. The molecule has 2 amide bonds. The van der Waals surface area contributed by atoms with Crippen LogP contribution in [0, 0.1) is 5.41 Å². The van der Waals surface area contributed by atoms with Crippen LogP contribution in [0.5, 0.6) is 0 Å². The van der Waals surface area contributed by atoms with E-state index >= 15 is 0 Å². The van der Waals surface area contributed by atoms with E-state index in [1.807, 2.05) is 18.2 Å². The van der Waals surface area contributed by atoms with Crippen LogP contribution in [0.1, 0.15) is 12.8 Å². The molecule has 3 rings (SSSR count). The van der Waals surface area contributed by atoms with Crippen LogP contribution < -0.4 is 10.6 Å². The van der Waals surface area contributed by atoms with Crippen LogP contribution in [0.25, 0.3) is 0 Å². The lowest BCUT2D eigenvalue weighted by molar-refractivity contribution is -0.131. The Morgan fingerprint density at radius 2 is 1.57 bits per heavy atom. The molecule has 2 aromatic rings. The maximum atomic E-state index is 12.5. The molecule has 0 saturated heterocycles. The Balaban J connectivity index is 1.72. The van der Waals surface area contributed by atoms with Gasteiger partial charge >= 0.3 is 0 Å². The van der Waals surface area contributed by atoms with Gasteiger partial charge in [-0.05, 0) is 43.2 Å². The summed E-state index contributed by atoms with van der Waals surface area (Å²) < 4.78 is 0. The highest BCUT2D eigenvalue weighted by Gasteiger charge is 2.56. The molecule has 0 spiro atoms. The van der Waals surface area contributed by atoms with Crippen molar-refractivity contribution < 1.29 is 9.59 Å². The van der Waals surface area contributed by atoms with Gasteiger partial charge in [0.2, 0.25) is 11.8 Å². The van der Waals surface area contributed by atoms with Crippen LogP contribution in [0.15, 0.2) is 48.5 Å². The highest BCUT2D eigenvalue weighted by Crippen LogP contribution is 2.47. The fourth-order valence-corrected chi connectivity index (χ4v) is 2.74. The van der Waals surface area contributed by atoms with Gasteiger partial charge in [0.05, 0.1) is 10.7 Å². The molecule has 0 bridgehead atoms. The standard InChI is InChI=1S/C17H14Cl2N2O2/c18-11-6-7-14(13(19)10-11)21-16(23)17(8-9-17)15(22)20-12-4-2-1-3-5-12/h1-7,10H,8-9H2,(H,20,22)(H,21,23). The van der Waals surface area contributed by atoms with Crippen molar-refractivity contribution in [3.63, 3.8) is 0 Å². The number of nitrogens with one attached hydrogen (secondary N) is 2. The Hall–Kier alpha value is -2.04. The molecule has 1 saturated carbocycles. The molecule has 2 N–H and O–H groups in total. The summed E-state index contributed by atoms with van der Waals surface area (Å²) in [5.74, 6) is -0.651. The molecule has 0 atom stereocenters. The number of carbonyl (C=O) groups is 2. The Bertz CT molecular complexity index is 758. The zero-order valence-electron chi connectivity index (χ0n) is 12.1. The molecular formula is C17H14Cl2N2O2. The topological polar surface area (TPSA) is 58.2 Å². The number of rotatable bonds is 4. The summed E-state index contributed by atoms with van der Waals surface area (Å²) in [6.45, 7) is 0. The van der Waals surface area contributed by atoms with Gasteiger partial charge in [0.15, 0.2) is 0 Å². The molecule has 0 heterocycles. The van der Waals surface area contributed by atoms with Gasteiger partial charge in [-0.15, -0.1) is 0 Å². The number of hydrogen-bond donors (Lipinski definition) is 2. The van der Waals surface area contributed by atoms with Gasteiger partial charge in [0.1, 0.15) is 5.41 Å². The second-order valence-corrected chi connectivity index (χ2v) is 6.32. The lowest BCUT2D eigenvalue weighted by Crippen LogP contribution is -2.35. The summed E-state index contributed by atoms with van der Waals surface area (Å²) in [4.78, 5) is 24.9. The summed E-state index contributed by atoms with van der Waals surface area (Å²) in [7, 11) is 0. The highest BCUT2D eigenvalue weighted by molar-refractivity contribution is 6.37. The van der Waals surface area contributed by atoms with E-state index < -0.39 is 5.41 Å². The lowest BCUT2D eigenvalue weighted by atomic mass is 10.0. The molecule has 0 unspecified atom stereocenters. The van der Waals surface area contributed by atoms with E-state index in [0.29, 0.717) is 34.3 Å². The quantitative estimate of drug-likeness (QED) is 0.807. The lowest BCUT2D eigenvalue weighted by Gasteiger charge is -2.16. The van der Waals surface area contributed by atoms with Gasteiger partial charge in [-0.3, -0.25) is 9.59 Å². The van der Waals surface area contributed by atoms with E-state index in [4.69, 9.17) is 23.2 Å². The van der Waals surface area contributed by atoms with Crippen molar-refractivity contribution in [2.45, 2.75) is 12.8 Å². The van der Waals surface area contributed by atoms with E-state index in [9.17, 15) is 9.59 Å². The molecule has 23 heavy (non-hydrogen) atoms. The van der Waals surface area contributed by atoms with E-state index in [-0.39, 0.29) is 11.8 Å². The number of hydrogen-bond acceptors (Lipinski definition) is 2. The molecule has 118 valence electrons. The number of carbonyl (C=O) groups excluding carboxylic acids is 2. The first-order valence-corrected chi connectivity index (χ1v) is 7.90. The highest BCUT2D eigenvalue weighted by atomic mass is 35.5. The Morgan fingerprint density at radius 3 is 2.17 bits per heavy atom. The van der Waals surface area contributed by atoms with Gasteiger partial charge in [-0.1, -0.05) is 41.4 Å². The van der Waals surface area contributed by atoms with E-state index in [2.05, 4.69) is 10.6 Å². The summed E-state index contributed by atoms with van der Waals surface area (Å²) in [6.07, 6.45) is 1.03. The maximum absolute atomic E-state index is 12.5. The van der Waals surface area contributed by atoms with E-state index in [0.717, 1.165) is 0 Å². The van der Waals surface area contributed by atoms with Crippen LogP contribution in [0.4, 0.5) is 11.4 Å². The third-order valence-corrected chi connectivity index (χ3v) is 4.38. The minimum absolute atomic E-state index is 0.300. The minimum atomic E-state index is -1.03. The molecule has 1 aliphatic rings. The van der Waals surface area contributed by atoms with Crippen molar-refractivity contribution in [1.29, 1.82) is 0 Å². The van der Waals surface area contributed by atoms with Crippen LogP contribution in [0.2, 0.25) is 10.0 Å². The predicted octanol–water partition coefficient (Wildman–Crippen LogP) is 4.35. The van der Waals surface area contributed by atoms with Crippen LogP contribution in [-0.4, -0.2) is 11.8 Å². The van der Waals surface area contributed by atoms with E-state index in [1.165, 1.54) is 0 Å². The van der Waals surface area contributed by atoms with Crippen LogP contribution >= 0.6 is 23.2 Å². The number of anilines is 2. The van der Waals surface area contributed by atoms with Crippen LogP contribution in [0.3, 0.4) is 0 Å². The first kappa shape index (κ1) is 15.8. The summed E-state index contributed by atoms with van der Waals surface area (Å²) in [6, 6.07) is 13.9. The van der Waals surface area contributed by atoms with Crippen molar-refractivity contribution in [1.82, 2.24) is 0 Å². The normalized spacial score (nSPS) is 14.9. The molecular weight excluding hydrogens is 335 g/mol. The largest absolute Gasteiger partial charge is 0.325 e. The first-order valence-electron chi connectivity index (χ1n) is 7.14. The van der Waals surface area contributed by atoms with Gasteiger partial charge in [0, 0.05) is 10.7 Å². The molecule has 2 aromatic carbocycles. The SMILES string of the molecule is O=C(Nc1ccccc1)C1(C(=O)Nc2ccc(Cl)cc2Cl)CC1. The fourth-order valence-electron chi connectivity index (χ4n) is 2.29. The monoisotopic (exact) mass is 348 g/mol. The second kappa shape index (κ2) is 6.22. The molecule has 1 fully saturated rings. The number of para-hydroxylation sites is 1. The number of benzene rings is 2. The third kappa shape index (κ3) is 3.33. The fraction of sp³-hybridized carbons (Fsp3) is 0.176. The Kier molecular flexibility index (Phi) is 4.28. The summed E-state index contributed by atoms with van der Waals surface area (Å²) >= 11 is 11.9. The molecule has 4 nitrogen and oxygen atoms in total. The van der Waals surface area contributed by atoms with Crippen molar-refractivity contribution >= 4 is 46.4 Å². The number of halogens is 2. The molecule has 6 heteroatoms. The molecule has 0 aliphatic heterocycles. The van der Waals surface area contributed by atoms with Gasteiger partial charge in [-0.2, -0.15) is 0 Å². The Labute approximate surface area is 143 Å². The third-order valence-electron chi connectivity index (χ3n) is 3.83. The average molecular weight is 349 g/mol. The molecule has 0 aromatic heterocycles. The summed E-state index contributed by atoms with van der Waals surface area (Å²) in [5, 5.41) is 6.32. The molecule has 1 aliphatic carbocycles. The van der Waals surface area contributed by atoms with Crippen molar-refractivity contribution in [3.8, 4) is 0 Å². The zero-order chi connectivity index (χ0) is 16.4. The van der Waals surface area contributed by atoms with Crippen LogP contribution in [-0.2, 0) is 9.59 Å². The van der Waals surface area contributed by atoms with Gasteiger partial charge in [0.25, 0.3) is 0 Å². The number of amides is 2. The van der Waals surface area contributed by atoms with Gasteiger partial charge in [-0.25, -0.2) is 0 Å². The van der Waals surface area contributed by atoms with E-state index in [1.54, 1.807) is 30.3 Å². The second-order valence-electron chi connectivity index (χ2n) is 5.48. The first-order chi connectivity index (χ1) is 11.0. The predicted molar refractivity (Wildman–Crippen MR) is 91.8 cm³/mol. The summed E-state index contributed by atoms with van der Waals surface area (Å²) in [5.41, 5.74) is 0.0830. The van der Waals surface area contributed by atoms with Crippen molar-refractivity contribution in [2.75, 3.05) is 10.6 Å². The van der Waals surface area contributed by atoms with Gasteiger partial charge < -0.3 is 10.6 Å². The molecule has 0 radical (unpaired) electrons. The maximum Gasteiger partial charge on any atom is 0.240 e. The smallest absolute Gasteiger partial charge is 0.240 e. The average Bonchev–Trinajstić information content (AvgIpc) is 3.33.